The summed E-state index contributed by atoms with van der Waals surface area (Å²) < 4.78 is 1.77. The lowest BCUT2D eigenvalue weighted by molar-refractivity contribution is 0.0646. The van der Waals surface area contributed by atoms with Crippen molar-refractivity contribution in [1.82, 2.24) is 9.55 Å². The molecule has 0 bridgehead atoms. The lowest BCUT2D eigenvalue weighted by Gasteiger charge is -2.18. The van der Waals surface area contributed by atoms with Gasteiger partial charge < -0.3 is 9.67 Å². The van der Waals surface area contributed by atoms with E-state index in [0.29, 0.717) is 16.4 Å². The molecule has 3 aromatic rings. The number of aliphatic hydroxyl groups is 1. The van der Waals surface area contributed by atoms with Crippen LogP contribution in [-0.4, -0.2) is 20.4 Å². The molecule has 0 radical (unpaired) electrons. The molecule has 118 valence electrons. The number of hydrogen-bond acceptors (Lipinski definition) is 3. The third-order valence-corrected chi connectivity index (χ3v) is 3.92. The van der Waals surface area contributed by atoms with Gasteiger partial charge in [0.1, 0.15) is 11.4 Å². The van der Waals surface area contributed by atoms with E-state index in [1.165, 1.54) is 0 Å². The van der Waals surface area contributed by atoms with Gasteiger partial charge in [-0.25, -0.2) is 4.98 Å². The number of ketones is 1. The molecule has 0 spiro atoms. The first-order chi connectivity index (χ1) is 10.9. The van der Waals surface area contributed by atoms with Gasteiger partial charge in [-0.2, -0.15) is 0 Å². The molecule has 23 heavy (non-hydrogen) atoms. The fraction of sp³-hybridized carbons (Fsp3) is 0.222. The van der Waals surface area contributed by atoms with E-state index in [4.69, 9.17) is 11.6 Å². The predicted molar refractivity (Wildman–Crippen MR) is 90.8 cm³/mol. The first-order valence-corrected chi connectivity index (χ1v) is 7.71. The number of aromatic nitrogens is 2. The topological polar surface area (TPSA) is 55.1 Å². The second-order valence-corrected chi connectivity index (χ2v) is 6.44. The van der Waals surface area contributed by atoms with Gasteiger partial charge >= 0.3 is 0 Å². The van der Waals surface area contributed by atoms with Crippen molar-refractivity contribution in [3.05, 3.63) is 64.9 Å². The van der Waals surface area contributed by atoms with E-state index in [1.807, 2.05) is 24.3 Å². The molecule has 0 unspecified atom stereocenters. The Labute approximate surface area is 139 Å². The second-order valence-electron chi connectivity index (χ2n) is 6.00. The minimum Gasteiger partial charge on any atom is -0.383 e. The molecular formula is C18H17ClN2O2. The summed E-state index contributed by atoms with van der Waals surface area (Å²) in [6.07, 6.45) is 0. The van der Waals surface area contributed by atoms with Crippen LogP contribution in [0.3, 0.4) is 0 Å². The van der Waals surface area contributed by atoms with E-state index in [1.54, 1.807) is 42.7 Å². The Morgan fingerprint density at radius 2 is 1.83 bits per heavy atom. The molecule has 0 aliphatic carbocycles. The van der Waals surface area contributed by atoms with E-state index in [9.17, 15) is 9.90 Å². The summed E-state index contributed by atoms with van der Waals surface area (Å²) in [4.78, 5) is 17.1. The van der Waals surface area contributed by atoms with Crippen LogP contribution >= 0.6 is 11.6 Å². The number of para-hydroxylation sites is 2. The fourth-order valence-electron chi connectivity index (χ4n) is 2.57. The molecule has 0 saturated carbocycles. The van der Waals surface area contributed by atoms with E-state index in [-0.39, 0.29) is 12.3 Å². The van der Waals surface area contributed by atoms with Crippen molar-refractivity contribution in [2.45, 2.75) is 26.0 Å². The molecule has 0 aliphatic heterocycles. The summed E-state index contributed by atoms with van der Waals surface area (Å²) in [6.45, 7) is 3.44. The van der Waals surface area contributed by atoms with Crippen LogP contribution in [0, 0.1) is 0 Å². The molecule has 1 aromatic heterocycles. The highest BCUT2D eigenvalue weighted by molar-refractivity contribution is 6.30. The third-order valence-electron chi connectivity index (χ3n) is 3.67. The number of benzene rings is 2. The number of imidazole rings is 1. The van der Waals surface area contributed by atoms with E-state index in [0.717, 1.165) is 11.0 Å². The zero-order valence-electron chi connectivity index (χ0n) is 13.0. The zero-order valence-corrected chi connectivity index (χ0v) is 13.7. The average Bonchev–Trinajstić information content (AvgIpc) is 2.87. The molecule has 0 atom stereocenters. The van der Waals surface area contributed by atoms with Crippen molar-refractivity contribution >= 4 is 28.4 Å². The highest BCUT2D eigenvalue weighted by Gasteiger charge is 2.25. The van der Waals surface area contributed by atoms with Gasteiger partial charge in [-0.3, -0.25) is 4.79 Å². The smallest absolute Gasteiger partial charge is 0.182 e. The van der Waals surface area contributed by atoms with Crippen LogP contribution in [0.1, 0.15) is 30.0 Å². The summed E-state index contributed by atoms with van der Waals surface area (Å²) in [5, 5.41) is 11.0. The molecule has 0 aliphatic rings. The van der Waals surface area contributed by atoms with Gasteiger partial charge in [0, 0.05) is 10.6 Å². The van der Waals surface area contributed by atoms with Crippen LogP contribution in [0.2, 0.25) is 5.02 Å². The first-order valence-electron chi connectivity index (χ1n) is 7.33. The number of rotatable bonds is 4. The van der Waals surface area contributed by atoms with Crippen LogP contribution in [-0.2, 0) is 12.1 Å². The third kappa shape index (κ3) is 3.14. The Hall–Kier alpha value is -2.17. The standard InChI is InChI=1S/C18H17ClN2O2/c1-18(2,23)17-20-14-5-3-4-6-15(14)21(17)11-16(22)12-7-9-13(19)10-8-12/h3-10,23H,11H2,1-2H3. The van der Waals surface area contributed by atoms with Crippen molar-refractivity contribution < 1.29 is 9.90 Å². The summed E-state index contributed by atoms with van der Waals surface area (Å²) in [5.41, 5.74) is 1.02. The maximum atomic E-state index is 12.6. The maximum absolute atomic E-state index is 12.6. The van der Waals surface area contributed by atoms with Crippen LogP contribution in [0.15, 0.2) is 48.5 Å². The largest absolute Gasteiger partial charge is 0.383 e. The zero-order chi connectivity index (χ0) is 16.6. The number of carbonyl (C=O) groups excluding carboxylic acids is 1. The molecule has 1 heterocycles. The summed E-state index contributed by atoms with van der Waals surface area (Å²) in [5.74, 6) is 0.413. The molecule has 2 aromatic carbocycles. The Balaban J connectivity index is 2.04. The van der Waals surface area contributed by atoms with Crippen LogP contribution in [0.4, 0.5) is 0 Å². The predicted octanol–water partition coefficient (Wildman–Crippen LogP) is 3.80. The second kappa shape index (κ2) is 5.80. The monoisotopic (exact) mass is 328 g/mol. The minimum absolute atomic E-state index is 0.0599. The van der Waals surface area contributed by atoms with Crippen LogP contribution < -0.4 is 0 Å². The number of carbonyl (C=O) groups is 1. The molecule has 0 fully saturated rings. The van der Waals surface area contributed by atoms with Crippen molar-refractivity contribution in [2.75, 3.05) is 0 Å². The van der Waals surface area contributed by atoms with Gasteiger partial charge in [-0.15, -0.1) is 0 Å². The molecule has 5 heteroatoms. The summed E-state index contributed by atoms with van der Waals surface area (Å²) in [7, 11) is 0. The highest BCUT2D eigenvalue weighted by atomic mass is 35.5. The van der Waals surface area contributed by atoms with Gasteiger partial charge in [-0.05, 0) is 50.2 Å². The maximum Gasteiger partial charge on any atom is 0.182 e. The number of Topliss-reactive ketones (excluding diaryl/α,β-unsaturated/α-hetero) is 1. The number of halogens is 1. The average molecular weight is 329 g/mol. The molecule has 0 amide bonds. The highest BCUT2D eigenvalue weighted by Crippen LogP contribution is 2.25. The van der Waals surface area contributed by atoms with Crippen molar-refractivity contribution in [2.24, 2.45) is 0 Å². The van der Waals surface area contributed by atoms with Gasteiger partial charge in [0.25, 0.3) is 0 Å². The molecule has 4 nitrogen and oxygen atoms in total. The molecule has 1 N–H and O–H groups in total. The van der Waals surface area contributed by atoms with E-state index >= 15 is 0 Å². The minimum atomic E-state index is -1.14. The summed E-state index contributed by atoms with van der Waals surface area (Å²) in [6, 6.07) is 14.3. The van der Waals surface area contributed by atoms with Crippen LogP contribution in [0.25, 0.3) is 11.0 Å². The normalized spacial score (nSPS) is 11.8. The van der Waals surface area contributed by atoms with E-state index in [2.05, 4.69) is 4.98 Å². The van der Waals surface area contributed by atoms with Crippen molar-refractivity contribution in [1.29, 1.82) is 0 Å². The Morgan fingerprint density at radius 3 is 2.48 bits per heavy atom. The van der Waals surface area contributed by atoms with Gasteiger partial charge in [0.15, 0.2) is 5.78 Å². The Kier molecular flexibility index (Phi) is 3.96. The van der Waals surface area contributed by atoms with Gasteiger partial charge in [-0.1, -0.05) is 23.7 Å². The number of nitrogens with zero attached hydrogens (tertiary/aromatic N) is 2. The van der Waals surface area contributed by atoms with Gasteiger partial charge in [0.2, 0.25) is 0 Å². The van der Waals surface area contributed by atoms with Crippen molar-refractivity contribution in [3.8, 4) is 0 Å². The molecule has 3 rings (SSSR count). The fourth-order valence-corrected chi connectivity index (χ4v) is 2.70. The summed E-state index contributed by atoms with van der Waals surface area (Å²) >= 11 is 5.86. The molecule has 0 saturated heterocycles. The lowest BCUT2D eigenvalue weighted by atomic mass is 10.1. The van der Waals surface area contributed by atoms with E-state index < -0.39 is 5.60 Å². The number of fused-ring (bicyclic) bond motifs is 1. The Bertz CT molecular complexity index is 861. The van der Waals surface area contributed by atoms with Crippen LogP contribution in [0.5, 0.6) is 0 Å². The Morgan fingerprint density at radius 1 is 1.17 bits per heavy atom. The van der Waals surface area contributed by atoms with Gasteiger partial charge in [0.05, 0.1) is 17.6 Å². The lowest BCUT2D eigenvalue weighted by Crippen LogP contribution is -2.24. The molecular weight excluding hydrogens is 312 g/mol. The first kappa shape index (κ1) is 15.7. The quantitative estimate of drug-likeness (QED) is 0.741. The van der Waals surface area contributed by atoms with Crippen molar-refractivity contribution in [3.63, 3.8) is 0 Å². The number of hydrogen-bond donors (Lipinski definition) is 1. The SMILES string of the molecule is CC(C)(O)c1nc2ccccc2n1CC(=O)c1ccc(Cl)cc1.